The van der Waals surface area contributed by atoms with Gasteiger partial charge in [0.2, 0.25) is 0 Å². The summed E-state index contributed by atoms with van der Waals surface area (Å²) in [4.78, 5) is 13.4. The molecule has 1 heterocycles. The largest absolute Gasteiger partial charge is 0.495 e. The van der Waals surface area contributed by atoms with E-state index >= 15 is 0 Å². The smallest absolute Gasteiger partial charge is 0.414 e. The normalized spacial score (nSPS) is 15.2. The minimum atomic E-state index is -0.337. The molecule has 0 aromatic heterocycles. The molecule has 5 heteroatoms. The topological polar surface area (TPSA) is 50.8 Å². The second kappa shape index (κ2) is 6.60. The first-order valence-corrected chi connectivity index (χ1v) is 7.63. The summed E-state index contributed by atoms with van der Waals surface area (Å²) in [5.41, 5.74) is 2.85. The highest BCUT2D eigenvalue weighted by molar-refractivity contribution is 5.92. The molecule has 1 atom stereocenters. The molecule has 0 spiro atoms. The number of carbonyl (C=O) groups excluding carboxylic acids is 1. The van der Waals surface area contributed by atoms with E-state index in [-0.39, 0.29) is 12.1 Å². The fourth-order valence-electron chi connectivity index (χ4n) is 2.68. The Morgan fingerprint density at radius 2 is 2.00 bits per heavy atom. The van der Waals surface area contributed by atoms with Crippen LogP contribution in [0.4, 0.5) is 16.2 Å². The van der Waals surface area contributed by atoms with Gasteiger partial charge in [0.05, 0.1) is 19.3 Å². The van der Waals surface area contributed by atoms with E-state index in [1.807, 2.05) is 36.4 Å². The number of rotatable bonds is 5. The number of benzene rings is 2. The molecule has 2 aromatic rings. The van der Waals surface area contributed by atoms with E-state index in [1.54, 1.807) is 12.0 Å². The van der Waals surface area contributed by atoms with Gasteiger partial charge in [-0.15, -0.1) is 0 Å². The molecular formula is C18H20N2O3. The van der Waals surface area contributed by atoms with E-state index in [0.717, 1.165) is 11.4 Å². The predicted molar refractivity (Wildman–Crippen MR) is 90.2 cm³/mol. The van der Waals surface area contributed by atoms with Gasteiger partial charge in [0.1, 0.15) is 12.4 Å². The predicted octanol–water partition coefficient (Wildman–Crippen LogP) is 3.82. The van der Waals surface area contributed by atoms with Crippen molar-refractivity contribution in [2.75, 3.05) is 30.5 Å². The van der Waals surface area contributed by atoms with Crippen molar-refractivity contribution in [1.82, 2.24) is 0 Å². The van der Waals surface area contributed by atoms with E-state index in [4.69, 9.17) is 9.47 Å². The molecule has 1 amide bonds. The zero-order valence-corrected chi connectivity index (χ0v) is 13.3. The molecule has 1 unspecified atom stereocenters. The number of hydrogen-bond donors (Lipinski definition) is 1. The minimum absolute atomic E-state index is 0.156. The number of anilines is 2. The third kappa shape index (κ3) is 3.23. The molecule has 0 aliphatic carbocycles. The lowest BCUT2D eigenvalue weighted by atomic mass is 10.1. The molecule has 0 radical (unpaired) electrons. The van der Waals surface area contributed by atoms with Crippen LogP contribution in [-0.2, 0) is 4.74 Å². The van der Waals surface area contributed by atoms with Crippen molar-refractivity contribution < 1.29 is 14.3 Å². The summed E-state index contributed by atoms with van der Waals surface area (Å²) in [5, 5.41) is 3.45. The van der Waals surface area contributed by atoms with E-state index in [2.05, 4.69) is 24.4 Å². The van der Waals surface area contributed by atoms with E-state index < -0.39 is 0 Å². The quantitative estimate of drug-likeness (QED) is 0.911. The summed E-state index contributed by atoms with van der Waals surface area (Å²) in [7, 11) is 1.60. The number of amides is 1. The molecule has 1 saturated heterocycles. The highest BCUT2D eigenvalue weighted by atomic mass is 16.6. The van der Waals surface area contributed by atoms with Crippen LogP contribution in [0.3, 0.4) is 0 Å². The number of nitrogens with zero attached hydrogens (tertiary/aromatic N) is 1. The zero-order valence-electron chi connectivity index (χ0n) is 13.3. The fourth-order valence-corrected chi connectivity index (χ4v) is 2.68. The molecular weight excluding hydrogens is 292 g/mol. The van der Waals surface area contributed by atoms with Crippen LogP contribution in [0.2, 0.25) is 0 Å². The number of hydrogen-bond acceptors (Lipinski definition) is 4. The van der Waals surface area contributed by atoms with Gasteiger partial charge in [-0.1, -0.05) is 30.3 Å². The van der Waals surface area contributed by atoms with Crippen LogP contribution < -0.4 is 15.0 Å². The van der Waals surface area contributed by atoms with E-state index in [9.17, 15) is 4.79 Å². The number of carbonyl (C=O) groups is 1. The number of ether oxygens (including phenoxy) is 2. The Bertz CT molecular complexity index is 688. The molecule has 1 aliphatic rings. The maximum atomic E-state index is 11.8. The van der Waals surface area contributed by atoms with Crippen molar-refractivity contribution in [3.8, 4) is 5.75 Å². The summed E-state index contributed by atoms with van der Waals surface area (Å²) < 4.78 is 10.4. The lowest BCUT2D eigenvalue weighted by Gasteiger charge is -2.20. The van der Waals surface area contributed by atoms with Crippen LogP contribution in [0.1, 0.15) is 18.5 Å². The van der Waals surface area contributed by atoms with E-state index in [0.29, 0.717) is 18.9 Å². The first-order chi connectivity index (χ1) is 11.2. The highest BCUT2D eigenvalue weighted by Gasteiger charge is 2.26. The van der Waals surface area contributed by atoms with Gasteiger partial charge in [-0.2, -0.15) is 0 Å². The second-order valence-electron chi connectivity index (χ2n) is 5.43. The lowest BCUT2D eigenvalue weighted by Crippen LogP contribution is -2.24. The highest BCUT2D eigenvalue weighted by Crippen LogP contribution is 2.34. The summed E-state index contributed by atoms with van der Waals surface area (Å²) >= 11 is 0. The van der Waals surface area contributed by atoms with Gasteiger partial charge in [0.25, 0.3) is 0 Å². The molecule has 2 aromatic carbocycles. The number of methoxy groups -OCH3 is 1. The van der Waals surface area contributed by atoms with Gasteiger partial charge in [0.15, 0.2) is 0 Å². The van der Waals surface area contributed by atoms with Gasteiger partial charge < -0.3 is 14.8 Å². The van der Waals surface area contributed by atoms with Crippen molar-refractivity contribution in [3.63, 3.8) is 0 Å². The average Bonchev–Trinajstić information content (AvgIpc) is 3.01. The van der Waals surface area contributed by atoms with Crippen LogP contribution in [0.25, 0.3) is 0 Å². The Labute approximate surface area is 135 Å². The first kappa shape index (κ1) is 15.2. The molecule has 3 rings (SSSR count). The molecule has 0 saturated carbocycles. The van der Waals surface area contributed by atoms with Gasteiger partial charge in [-0.25, -0.2) is 4.79 Å². The number of cyclic esters (lactones) is 1. The Hall–Kier alpha value is -2.69. The summed E-state index contributed by atoms with van der Waals surface area (Å²) in [6.07, 6.45) is -0.337. The molecule has 23 heavy (non-hydrogen) atoms. The Balaban J connectivity index is 1.84. The Kier molecular flexibility index (Phi) is 4.37. The Morgan fingerprint density at radius 3 is 2.65 bits per heavy atom. The monoisotopic (exact) mass is 312 g/mol. The van der Waals surface area contributed by atoms with Gasteiger partial charge in [-0.05, 0) is 30.7 Å². The molecule has 1 aliphatic heterocycles. The van der Waals surface area contributed by atoms with Crippen LogP contribution in [0.15, 0.2) is 48.5 Å². The van der Waals surface area contributed by atoms with Crippen LogP contribution in [-0.4, -0.2) is 26.4 Å². The standard InChI is InChI=1S/C18H20N2O3/c1-13(14-6-4-3-5-7-14)19-15-8-9-17(22-2)16(12-15)20-10-11-23-18(20)21/h3-9,12-13,19H,10-11H2,1-2H3. The SMILES string of the molecule is COc1ccc(NC(C)c2ccccc2)cc1N1CCOC1=O. The molecule has 1 fully saturated rings. The van der Waals surface area contributed by atoms with Crippen LogP contribution >= 0.6 is 0 Å². The fraction of sp³-hybridized carbons (Fsp3) is 0.278. The summed E-state index contributed by atoms with van der Waals surface area (Å²) in [6.45, 7) is 3.04. The van der Waals surface area contributed by atoms with E-state index in [1.165, 1.54) is 5.56 Å². The third-order valence-corrected chi connectivity index (χ3v) is 3.91. The second-order valence-corrected chi connectivity index (χ2v) is 5.43. The molecule has 5 nitrogen and oxygen atoms in total. The maximum Gasteiger partial charge on any atom is 0.414 e. The minimum Gasteiger partial charge on any atom is -0.495 e. The summed E-state index contributed by atoms with van der Waals surface area (Å²) in [6, 6.07) is 16.1. The van der Waals surface area contributed by atoms with Crippen molar-refractivity contribution in [2.24, 2.45) is 0 Å². The zero-order chi connectivity index (χ0) is 16.2. The van der Waals surface area contributed by atoms with Crippen molar-refractivity contribution in [2.45, 2.75) is 13.0 Å². The van der Waals surface area contributed by atoms with Crippen LogP contribution in [0.5, 0.6) is 5.75 Å². The van der Waals surface area contributed by atoms with Crippen molar-refractivity contribution >= 4 is 17.5 Å². The molecule has 120 valence electrons. The van der Waals surface area contributed by atoms with Crippen LogP contribution in [0, 0.1) is 0 Å². The summed E-state index contributed by atoms with van der Waals surface area (Å²) in [5.74, 6) is 0.654. The van der Waals surface area contributed by atoms with Crippen molar-refractivity contribution in [1.29, 1.82) is 0 Å². The molecule has 1 N–H and O–H groups in total. The Morgan fingerprint density at radius 1 is 1.22 bits per heavy atom. The van der Waals surface area contributed by atoms with Gasteiger partial charge >= 0.3 is 6.09 Å². The third-order valence-electron chi connectivity index (χ3n) is 3.91. The number of nitrogens with one attached hydrogen (secondary N) is 1. The van der Waals surface area contributed by atoms with Crippen molar-refractivity contribution in [3.05, 3.63) is 54.1 Å². The van der Waals surface area contributed by atoms with Gasteiger partial charge in [-0.3, -0.25) is 4.90 Å². The lowest BCUT2D eigenvalue weighted by molar-refractivity contribution is 0.181. The first-order valence-electron chi connectivity index (χ1n) is 7.63. The maximum absolute atomic E-state index is 11.8. The molecule has 0 bridgehead atoms. The average molecular weight is 312 g/mol. The van der Waals surface area contributed by atoms with Gasteiger partial charge in [0, 0.05) is 11.7 Å².